The van der Waals surface area contributed by atoms with Gasteiger partial charge in [-0.15, -0.1) is 0 Å². The number of rotatable bonds is 2. The summed E-state index contributed by atoms with van der Waals surface area (Å²) in [5, 5.41) is 2.49. The molecule has 0 unspecified atom stereocenters. The van der Waals surface area contributed by atoms with Crippen LogP contribution in [0.15, 0.2) is 42.5 Å². The summed E-state index contributed by atoms with van der Waals surface area (Å²) in [4.78, 5) is 17.3. The van der Waals surface area contributed by atoms with Gasteiger partial charge in [-0.1, -0.05) is 34.1 Å². The molecule has 0 saturated carbocycles. The highest BCUT2D eigenvalue weighted by Crippen LogP contribution is 2.27. The highest BCUT2D eigenvalue weighted by Gasteiger charge is 2.21. The minimum absolute atomic E-state index is 0.317. The van der Waals surface area contributed by atoms with Crippen molar-refractivity contribution >= 4 is 43.7 Å². The minimum atomic E-state index is -0.530. The number of aromatic nitrogens is 1. The number of fused-ring (bicyclic) bond motifs is 2. The van der Waals surface area contributed by atoms with Crippen LogP contribution in [0.4, 0.5) is 0 Å². The molecule has 0 atom stereocenters. The largest absolute Gasteiger partial charge is 0.456 e. The lowest BCUT2D eigenvalue weighted by Crippen LogP contribution is -2.24. The van der Waals surface area contributed by atoms with Crippen LogP contribution >= 0.6 is 15.9 Å². The molecule has 118 valence electrons. The molecule has 1 heterocycles. The summed E-state index contributed by atoms with van der Waals surface area (Å²) in [6, 6.07) is 13.8. The van der Waals surface area contributed by atoms with Gasteiger partial charge in [0.15, 0.2) is 0 Å². The maximum absolute atomic E-state index is 12.6. The van der Waals surface area contributed by atoms with Gasteiger partial charge in [0.1, 0.15) is 5.60 Å². The Morgan fingerprint density at radius 3 is 2.57 bits per heavy atom. The van der Waals surface area contributed by atoms with Crippen molar-refractivity contribution in [1.29, 1.82) is 0 Å². The molecule has 0 amide bonds. The van der Waals surface area contributed by atoms with Crippen LogP contribution in [0.3, 0.4) is 0 Å². The number of pyridine rings is 1. The summed E-state index contributed by atoms with van der Waals surface area (Å²) in [7, 11) is 0. The molecule has 0 aliphatic heterocycles. The van der Waals surface area contributed by atoms with Crippen LogP contribution in [0, 0.1) is 0 Å². The monoisotopic (exact) mass is 371 g/mol. The molecule has 2 aromatic carbocycles. The van der Waals surface area contributed by atoms with Gasteiger partial charge < -0.3 is 4.74 Å². The Balaban J connectivity index is 2.25. The normalized spacial score (nSPS) is 11.8. The van der Waals surface area contributed by atoms with E-state index in [-0.39, 0.29) is 5.97 Å². The first-order chi connectivity index (χ1) is 10.9. The number of carbonyl (C=O) groups is 1. The Hall–Kier alpha value is -1.94. The first-order valence-electron chi connectivity index (χ1n) is 7.49. The Kier molecular flexibility index (Phi) is 4.11. The van der Waals surface area contributed by atoms with Crippen LogP contribution in [-0.4, -0.2) is 16.6 Å². The molecule has 0 fully saturated rings. The number of nitrogens with zero attached hydrogens (tertiary/aromatic N) is 1. The van der Waals surface area contributed by atoms with E-state index in [1.54, 1.807) is 0 Å². The van der Waals surface area contributed by atoms with Gasteiger partial charge in [0, 0.05) is 16.1 Å². The number of para-hydroxylation sites is 1. The predicted molar refractivity (Wildman–Crippen MR) is 97.0 cm³/mol. The van der Waals surface area contributed by atoms with Crippen molar-refractivity contribution in [1.82, 2.24) is 4.98 Å². The number of hydrogen-bond acceptors (Lipinski definition) is 3. The van der Waals surface area contributed by atoms with Crippen LogP contribution in [0.25, 0.3) is 21.8 Å². The Labute approximate surface area is 143 Å². The highest BCUT2D eigenvalue weighted by atomic mass is 79.9. The topological polar surface area (TPSA) is 39.2 Å². The number of esters is 1. The zero-order valence-electron chi connectivity index (χ0n) is 13.4. The first kappa shape index (κ1) is 15.9. The smallest absolute Gasteiger partial charge is 0.339 e. The lowest BCUT2D eigenvalue weighted by Gasteiger charge is -2.20. The van der Waals surface area contributed by atoms with Crippen molar-refractivity contribution < 1.29 is 9.53 Å². The van der Waals surface area contributed by atoms with Crippen molar-refractivity contribution in [3.63, 3.8) is 0 Å². The van der Waals surface area contributed by atoms with Crippen molar-refractivity contribution in [2.24, 2.45) is 0 Å². The average Bonchev–Trinajstić information content (AvgIpc) is 2.50. The van der Waals surface area contributed by atoms with Crippen LogP contribution in [0.1, 0.15) is 36.7 Å². The maximum atomic E-state index is 12.6. The Morgan fingerprint density at radius 1 is 1.13 bits per heavy atom. The standard InChI is InChI=1S/C19H18BrNO2/c1-19(2,3)23-18(22)15-8-12(11-20)9-17-14(15)10-13-6-4-5-7-16(13)21-17/h4-10H,11H2,1-3H3. The van der Waals surface area contributed by atoms with E-state index in [1.807, 2.05) is 63.2 Å². The van der Waals surface area contributed by atoms with E-state index in [0.29, 0.717) is 10.9 Å². The van der Waals surface area contributed by atoms with E-state index >= 15 is 0 Å². The number of hydrogen-bond donors (Lipinski definition) is 0. The number of carbonyl (C=O) groups excluding carboxylic acids is 1. The van der Waals surface area contributed by atoms with Crippen LogP contribution in [0.5, 0.6) is 0 Å². The number of alkyl halides is 1. The summed E-state index contributed by atoms with van der Waals surface area (Å²) < 4.78 is 5.56. The molecule has 0 saturated heterocycles. The van der Waals surface area contributed by atoms with E-state index < -0.39 is 5.60 Å². The molecule has 3 nitrogen and oxygen atoms in total. The maximum Gasteiger partial charge on any atom is 0.339 e. The summed E-state index contributed by atoms with van der Waals surface area (Å²) in [5.74, 6) is -0.317. The fourth-order valence-corrected chi connectivity index (χ4v) is 2.84. The first-order valence-corrected chi connectivity index (χ1v) is 8.61. The second-order valence-electron chi connectivity index (χ2n) is 6.53. The van der Waals surface area contributed by atoms with Crippen LogP contribution < -0.4 is 0 Å². The lowest BCUT2D eigenvalue weighted by atomic mass is 10.0. The molecule has 4 heteroatoms. The van der Waals surface area contributed by atoms with Crippen molar-refractivity contribution in [2.75, 3.05) is 0 Å². The Bertz CT molecular complexity index is 897. The van der Waals surface area contributed by atoms with Crippen molar-refractivity contribution in [3.8, 4) is 0 Å². The second-order valence-corrected chi connectivity index (χ2v) is 7.09. The van der Waals surface area contributed by atoms with Gasteiger partial charge in [-0.2, -0.15) is 0 Å². The van der Waals surface area contributed by atoms with Gasteiger partial charge in [0.2, 0.25) is 0 Å². The fraction of sp³-hybridized carbons (Fsp3) is 0.263. The third-order valence-electron chi connectivity index (χ3n) is 3.47. The summed E-state index contributed by atoms with van der Waals surface area (Å²) in [6.45, 7) is 5.61. The molecule has 0 aliphatic carbocycles. The number of ether oxygens (including phenoxy) is 1. The van der Waals surface area contributed by atoms with Crippen LogP contribution in [0.2, 0.25) is 0 Å². The molecule has 0 spiro atoms. The quantitative estimate of drug-likeness (QED) is 0.351. The molecular formula is C19H18BrNO2. The van der Waals surface area contributed by atoms with E-state index in [0.717, 1.165) is 27.4 Å². The third-order valence-corrected chi connectivity index (χ3v) is 4.12. The molecule has 0 N–H and O–H groups in total. The molecule has 0 bridgehead atoms. The van der Waals surface area contributed by atoms with Gasteiger partial charge in [-0.3, -0.25) is 0 Å². The summed E-state index contributed by atoms with van der Waals surface area (Å²) in [5.41, 5.74) is 2.76. The van der Waals surface area contributed by atoms with Gasteiger partial charge in [0.05, 0.1) is 16.6 Å². The van der Waals surface area contributed by atoms with E-state index in [1.165, 1.54) is 0 Å². The van der Waals surface area contributed by atoms with Crippen molar-refractivity contribution in [2.45, 2.75) is 31.7 Å². The SMILES string of the molecule is CC(C)(C)OC(=O)c1cc(CBr)cc2nc3ccccc3cc12. The van der Waals surface area contributed by atoms with E-state index in [4.69, 9.17) is 9.72 Å². The van der Waals surface area contributed by atoms with Gasteiger partial charge in [0.25, 0.3) is 0 Å². The molecule has 1 aromatic heterocycles. The van der Waals surface area contributed by atoms with Gasteiger partial charge in [-0.25, -0.2) is 9.78 Å². The molecule has 0 aliphatic rings. The Morgan fingerprint density at radius 2 is 1.87 bits per heavy atom. The van der Waals surface area contributed by atoms with Gasteiger partial charge >= 0.3 is 5.97 Å². The number of benzene rings is 2. The molecule has 3 rings (SSSR count). The van der Waals surface area contributed by atoms with E-state index in [2.05, 4.69) is 15.9 Å². The average molecular weight is 372 g/mol. The van der Waals surface area contributed by atoms with E-state index in [9.17, 15) is 4.79 Å². The zero-order chi connectivity index (χ0) is 16.6. The predicted octanol–water partition coefficient (Wildman–Crippen LogP) is 5.24. The molecule has 23 heavy (non-hydrogen) atoms. The fourth-order valence-electron chi connectivity index (χ4n) is 2.52. The van der Waals surface area contributed by atoms with Gasteiger partial charge in [-0.05, 0) is 50.6 Å². The lowest BCUT2D eigenvalue weighted by molar-refractivity contribution is 0.00717. The summed E-state index contributed by atoms with van der Waals surface area (Å²) in [6.07, 6.45) is 0. The minimum Gasteiger partial charge on any atom is -0.456 e. The molecule has 3 aromatic rings. The second kappa shape index (κ2) is 5.93. The molecular weight excluding hydrogens is 354 g/mol. The zero-order valence-corrected chi connectivity index (χ0v) is 15.0. The molecule has 0 radical (unpaired) electrons. The number of halogens is 1. The van der Waals surface area contributed by atoms with Crippen LogP contribution in [-0.2, 0) is 10.1 Å². The highest BCUT2D eigenvalue weighted by molar-refractivity contribution is 9.08. The summed E-state index contributed by atoms with van der Waals surface area (Å²) >= 11 is 3.46. The van der Waals surface area contributed by atoms with Crippen molar-refractivity contribution in [3.05, 3.63) is 53.6 Å². The third kappa shape index (κ3) is 3.37.